The molecule has 0 unspecified atom stereocenters. The Bertz CT molecular complexity index is 6360. The van der Waals surface area contributed by atoms with Crippen LogP contribution in [0.5, 0.6) is 0 Å². The average Bonchev–Trinajstić information content (AvgIpc) is 0.798. The Hall–Kier alpha value is -7.88. The van der Waals surface area contributed by atoms with Gasteiger partial charge in [0.05, 0.1) is 39.2 Å². The molecule has 0 spiro atoms. The van der Waals surface area contributed by atoms with E-state index in [2.05, 4.69) is 102 Å². The van der Waals surface area contributed by atoms with Crippen molar-refractivity contribution in [2.75, 3.05) is 42.5 Å². The largest absolute Gasteiger partial charge is 1.00 e. The van der Waals surface area contributed by atoms with Gasteiger partial charge >= 0.3 is 118 Å². The van der Waals surface area contributed by atoms with Gasteiger partial charge in [0.15, 0.2) is 0 Å². The van der Waals surface area contributed by atoms with E-state index in [4.69, 9.17) is 46.4 Å². The molecule has 12 N–H and O–H groups in total. The van der Waals surface area contributed by atoms with Gasteiger partial charge in [0.2, 0.25) is 68.7 Å². The summed E-state index contributed by atoms with van der Waals surface area (Å²) in [4.78, 5) is 42.6. The molecule has 0 radical (unpaired) electrons. The summed E-state index contributed by atoms with van der Waals surface area (Å²) in [7, 11) is -39.0. The summed E-state index contributed by atoms with van der Waals surface area (Å²) in [6.45, 7) is 0. The van der Waals surface area contributed by atoms with Crippen LogP contribution in [0.15, 0.2) is 209 Å². The van der Waals surface area contributed by atoms with Crippen LogP contribution in [0.1, 0.15) is 22.3 Å². The molecule has 4 aromatic heterocycles. The van der Waals surface area contributed by atoms with E-state index < -0.39 is 120 Å². The molecular weight excluding hydrogens is 1920 g/mol. The Balaban J connectivity index is 0.000000330. The van der Waals surface area contributed by atoms with Crippen molar-refractivity contribution in [3.8, 4) is 0 Å². The van der Waals surface area contributed by atoms with Crippen LogP contribution in [0.4, 0.5) is 93.1 Å². The molecule has 8 aromatic carbocycles. The Morgan fingerprint density at radius 1 is 0.234 bits per heavy atom. The van der Waals surface area contributed by atoms with Crippen molar-refractivity contribution in [2.24, 2.45) is 0 Å². The molecule has 12 rings (SSSR count). The monoisotopic (exact) mass is 1960 g/mol. The second-order valence-electron chi connectivity index (χ2n) is 23.5. The third-order valence-corrected chi connectivity index (χ3v) is 22.7. The summed E-state index contributed by atoms with van der Waals surface area (Å²) in [6, 6.07) is 33.6. The fourth-order valence-electron chi connectivity index (χ4n) is 10.0. The molecule has 0 aliphatic carbocycles. The summed E-state index contributed by atoms with van der Waals surface area (Å²) in [5.41, 5.74) is -0.489. The Morgan fingerprint density at radius 3 is 0.532 bits per heavy atom. The van der Waals surface area contributed by atoms with Crippen molar-refractivity contribution in [1.29, 1.82) is 0 Å². The van der Waals surface area contributed by atoms with Crippen molar-refractivity contribution >= 4 is 245 Å². The molecular formula is C64H44Cl4N20Na4O24S8. The number of hydrogen-bond donors (Lipinski definition) is 12. The number of benzene rings is 8. The third kappa shape index (κ3) is 29.6. The predicted molar refractivity (Wildman–Crippen MR) is 426 cm³/mol. The van der Waals surface area contributed by atoms with Gasteiger partial charge in [-0.15, -0.1) is 0 Å². The fourth-order valence-corrected chi connectivity index (χ4v) is 15.6. The van der Waals surface area contributed by atoms with Crippen molar-refractivity contribution in [2.45, 2.75) is 39.2 Å². The van der Waals surface area contributed by atoms with E-state index in [0.29, 0.717) is 0 Å². The molecule has 0 aliphatic heterocycles. The van der Waals surface area contributed by atoms with Gasteiger partial charge in [0.25, 0.3) is 40.5 Å². The predicted octanol–water partition coefficient (Wildman–Crippen LogP) is -2.36. The molecule has 12 aromatic rings. The molecule has 0 atom stereocenters. The average molecular weight is 1970 g/mol. The minimum absolute atomic E-state index is 0. The molecule has 0 saturated heterocycles. The molecule has 0 amide bonds. The first kappa shape index (κ1) is 103. The first-order valence-corrected chi connectivity index (χ1v) is 44.8. The van der Waals surface area contributed by atoms with Gasteiger partial charge in [0, 0.05) is 45.5 Å². The van der Waals surface area contributed by atoms with E-state index in [9.17, 15) is 104 Å². The Kier molecular flexibility index (Phi) is 35.3. The normalized spacial score (nSPS) is 11.9. The molecule has 60 heteroatoms. The number of nitrogens with one attached hydrogen (secondary N) is 8. The standard InChI is InChI=1S/2C32H24Cl2N10O12S4.4Na/c2*33-27-39-29(35-19-3-1-5-23(13-19)57(45,46)47)43-31(41-27)37-21-11-9-17(25(15-21)59(51,52)53)7-8-18-10-12-22(16-26(18)60(54,55)56)38-32-42-28(34)40-30(44-32)36-20-4-2-6-24(14-20)58(48,49)50;;;;/h2*1-16H,(H,45,46,47)(H,48,49,50)(H,51,52,53)(H,54,55,56)(H2,35,37,39,41,43)(H2,36,38,40,42,44);;;;/q;;4*+1/p-4. The van der Waals surface area contributed by atoms with Crippen LogP contribution < -0.4 is 161 Å². The van der Waals surface area contributed by atoms with Crippen molar-refractivity contribution in [3.05, 3.63) is 213 Å². The first-order valence-electron chi connectivity index (χ1n) is 31.9. The summed E-state index contributed by atoms with van der Waals surface area (Å²) < 4.78 is 278. The third-order valence-electron chi connectivity index (χ3n) is 15.0. The van der Waals surface area contributed by atoms with Crippen LogP contribution in [0, 0.1) is 0 Å². The van der Waals surface area contributed by atoms with Crippen LogP contribution >= 0.6 is 46.4 Å². The second-order valence-corrected chi connectivity index (χ2v) is 35.9. The number of anilines is 16. The van der Waals surface area contributed by atoms with E-state index in [1.54, 1.807) is 0 Å². The quantitative estimate of drug-likeness (QED) is 0.0139. The van der Waals surface area contributed by atoms with Crippen LogP contribution in [0.2, 0.25) is 21.1 Å². The number of hydrogen-bond acceptors (Lipinski definition) is 40. The maximum absolute atomic E-state index is 12.4. The van der Waals surface area contributed by atoms with Crippen LogP contribution in [-0.2, 0) is 80.9 Å². The zero-order chi connectivity index (χ0) is 87.2. The van der Waals surface area contributed by atoms with Crippen LogP contribution in [0.3, 0.4) is 0 Å². The minimum Gasteiger partial charge on any atom is -0.744 e. The van der Waals surface area contributed by atoms with Gasteiger partial charge in [-0.05, 0) is 190 Å². The Labute approximate surface area is 811 Å². The number of halogens is 4. The molecule has 0 bridgehead atoms. The summed E-state index contributed by atoms with van der Waals surface area (Å²) in [5, 5.41) is 20.0. The topological polar surface area (TPSA) is 697 Å². The molecule has 0 fully saturated rings. The maximum Gasteiger partial charge on any atom is 1.00 e. The van der Waals surface area contributed by atoms with Crippen LogP contribution in [-0.4, -0.2) is 164 Å². The first-order chi connectivity index (χ1) is 56.0. The number of rotatable bonds is 28. The molecule has 0 saturated carbocycles. The van der Waals surface area contributed by atoms with E-state index in [0.717, 1.165) is 97.1 Å². The molecule has 124 heavy (non-hydrogen) atoms. The zero-order valence-corrected chi connectivity index (χ0v) is 80.1. The summed E-state index contributed by atoms with van der Waals surface area (Å²) >= 11 is 24.1. The van der Waals surface area contributed by atoms with Gasteiger partial charge in [-0.2, -0.15) is 93.5 Å². The SMILES string of the molecule is O=S(=O)([O-])c1cc(Nc2nc(Cl)nc(Nc3cccc(S(=O)(=O)O)c3)n2)ccc1C=Cc1ccc(Nc2nc(Cl)nc(Nc3cccc(S(=O)(=O)O)c3)n2)cc1S(=O)(=O)[O-].O=S(=O)([O-])c1cc(Nc2nc(Cl)nc(Nc3cccc(S(=O)(=O)O)c3)n2)ccc1C=Cc1ccc(Nc2nc(Cl)nc(Nc3cccc(S(=O)(=O)O)c3)n2)cc1S(=O)(=O)[O-].[Na+].[Na+].[Na+].[Na+]. The van der Waals surface area contributed by atoms with E-state index in [-0.39, 0.29) is 255 Å². The molecule has 4 heterocycles. The van der Waals surface area contributed by atoms with E-state index in [1.165, 1.54) is 97.1 Å². The summed E-state index contributed by atoms with van der Waals surface area (Å²) in [6.07, 6.45) is 4.31. The smallest absolute Gasteiger partial charge is 0.744 e. The van der Waals surface area contributed by atoms with Crippen LogP contribution in [0.25, 0.3) is 24.3 Å². The molecule has 44 nitrogen and oxygen atoms in total. The second kappa shape index (κ2) is 42.4. The van der Waals surface area contributed by atoms with Crippen molar-refractivity contribution < 1.29 is 222 Å². The van der Waals surface area contributed by atoms with Gasteiger partial charge in [-0.25, -0.2) is 33.7 Å². The van der Waals surface area contributed by atoms with Crippen molar-refractivity contribution in [1.82, 2.24) is 59.8 Å². The number of aromatic nitrogens is 12. The fraction of sp³-hybridized carbons (Fsp3) is 0. The number of nitrogens with zero attached hydrogens (tertiary/aromatic N) is 12. The van der Waals surface area contributed by atoms with Gasteiger partial charge in [-0.1, -0.05) is 72.8 Å². The molecule has 0 aliphatic rings. The summed E-state index contributed by atoms with van der Waals surface area (Å²) in [5.74, 6) is -1.81. The van der Waals surface area contributed by atoms with Gasteiger partial charge < -0.3 is 60.7 Å². The van der Waals surface area contributed by atoms with Crippen molar-refractivity contribution in [3.63, 3.8) is 0 Å². The van der Waals surface area contributed by atoms with Gasteiger partial charge in [0.1, 0.15) is 40.5 Å². The maximum atomic E-state index is 12.4. The van der Waals surface area contributed by atoms with Gasteiger partial charge in [-0.3, -0.25) is 18.2 Å². The van der Waals surface area contributed by atoms with E-state index >= 15 is 0 Å². The Morgan fingerprint density at radius 2 is 0.387 bits per heavy atom. The zero-order valence-electron chi connectivity index (χ0n) is 62.6. The minimum atomic E-state index is -5.21. The molecule has 624 valence electrons. The van der Waals surface area contributed by atoms with E-state index in [1.807, 2.05) is 0 Å².